The van der Waals surface area contributed by atoms with Crippen LogP contribution in [0.25, 0.3) is 0 Å². The lowest BCUT2D eigenvalue weighted by Gasteiger charge is -2.20. The zero-order valence-electron chi connectivity index (χ0n) is 7.68. The van der Waals surface area contributed by atoms with Gasteiger partial charge < -0.3 is 9.84 Å². The third-order valence-corrected chi connectivity index (χ3v) is 1.29. The molecule has 0 aliphatic carbocycles. The van der Waals surface area contributed by atoms with Gasteiger partial charge in [0, 0.05) is 12.1 Å². The lowest BCUT2D eigenvalue weighted by molar-refractivity contribution is -0.570. The normalized spacial score (nSPS) is 16.3. The quantitative estimate of drug-likeness (QED) is 0.295. The fraction of sp³-hybridized carbons (Fsp3) is 1.00. The minimum atomic E-state index is -2.04. The summed E-state index contributed by atoms with van der Waals surface area (Å²) in [6.45, 7) is 3.06. The highest BCUT2D eigenvalue weighted by atomic mass is 16.7. The molecule has 0 bridgehead atoms. The first kappa shape index (κ1) is 11.9. The highest BCUT2D eigenvalue weighted by Crippen LogP contribution is 2.14. The van der Waals surface area contributed by atoms with Crippen molar-refractivity contribution in [1.29, 1.82) is 0 Å². The van der Waals surface area contributed by atoms with Crippen LogP contribution in [0, 0.1) is 15.0 Å². The monoisotopic (exact) mass is 192 g/mol. The van der Waals surface area contributed by atoms with Crippen molar-refractivity contribution < 1.29 is 14.8 Å². The van der Waals surface area contributed by atoms with Crippen LogP contribution in [0.4, 0.5) is 0 Å². The standard InChI is InChI=1S/C6H12N2O5/c1-5(2,9)13-4-6(3,7-10)8(11)12/h9H,4H2,1-3H3. The second kappa shape index (κ2) is 3.75. The highest BCUT2D eigenvalue weighted by Gasteiger charge is 2.41. The van der Waals surface area contributed by atoms with Crippen molar-refractivity contribution in [3.8, 4) is 0 Å². The molecule has 0 aromatic carbocycles. The Balaban J connectivity index is 4.31. The topological polar surface area (TPSA) is 102 Å². The number of nitroso groups, excluding NO2 is 1. The van der Waals surface area contributed by atoms with Crippen LogP contribution in [-0.2, 0) is 4.74 Å². The van der Waals surface area contributed by atoms with Gasteiger partial charge in [-0.15, -0.1) is 4.91 Å². The Morgan fingerprint density at radius 3 is 2.23 bits per heavy atom. The summed E-state index contributed by atoms with van der Waals surface area (Å²) in [5.74, 6) is -1.51. The molecular formula is C6H12N2O5. The number of aliphatic hydroxyl groups is 1. The van der Waals surface area contributed by atoms with Crippen molar-refractivity contribution >= 4 is 0 Å². The van der Waals surface area contributed by atoms with E-state index in [2.05, 4.69) is 9.91 Å². The molecule has 0 saturated heterocycles. The van der Waals surface area contributed by atoms with Gasteiger partial charge in [0.25, 0.3) is 0 Å². The van der Waals surface area contributed by atoms with Crippen molar-refractivity contribution in [2.24, 2.45) is 5.18 Å². The highest BCUT2D eigenvalue weighted by molar-refractivity contribution is 4.69. The maximum Gasteiger partial charge on any atom is 0.368 e. The van der Waals surface area contributed by atoms with Crippen molar-refractivity contribution in [1.82, 2.24) is 0 Å². The van der Waals surface area contributed by atoms with E-state index in [1.54, 1.807) is 0 Å². The third-order valence-electron chi connectivity index (χ3n) is 1.29. The van der Waals surface area contributed by atoms with E-state index in [0.717, 1.165) is 6.92 Å². The molecule has 0 aliphatic heterocycles. The molecule has 0 saturated carbocycles. The molecule has 0 fully saturated rings. The molecular weight excluding hydrogens is 180 g/mol. The molecule has 1 unspecified atom stereocenters. The second-order valence-electron chi connectivity index (χ2n) is 3.30. The van der Waals surface area contributed by atoms with Crippen LogP contribution in [0.1, 0.15) is 20.8 Å². The van der Waals surface area contributed by atoms with Gasteiger partial charge in [-0.05, 0) is 13.8 Å². The lowest BCUT2D eigenvalue weighted by atomic mass is 10.2. The van der Waals surface area contributed by atoms with Crippen LogP contribution in [0.2, 0.25) is 0 Å². The number of nitrogens with zero attached hydrogens (tertiary/aromatic N) is 2. The van der Waals surface area contributed by atoms with Gasteiger partial charge in [0.05, 0.1) is 4.92 Å². The Bertz CT molecular complexity index is 212. The van der Waals surface area contributed by atoms with E-state index < -0.39 is 23.0 Å². The predicted octanol–water partition coefficient (Wildman–Crippen LogP) is 0.491. The van der Waals surface area contributed by atoms with E-state index in [-0.39, 0.29) is 0 Å². The van der Waals surface area contributed by atoms with Gasteiger partial charge in [0.2, 0.25) is 0 Å². The lowest BCUT2D eigenvalue weighted by Crippen LogP contribution is -2.41. The van der Waals surface area contributed by atoms with Crippen molar-refractivity contribution in [3.05, 3.63) is 15.0 Å². The van der Waals surface area contributed by atoms with E-state index in [0.29, 0.717) is 0 Å². The van der Waals surface area contributed by atoms with Crippen LogP contribution in [0.3, 0.4) is 0 Å². The maximum absolute atomic E-state index is 10.3. The molecule has 0 aliphatic rings. The molecule has 0 aromatic heterocycles. The fourth-order valence-corrected chi connectivity index (χ4v) is 0.426. The number of ether oxygens (including phenoxy) is 1. The van der Waals surface area contributed by atoms with Crippen molar-refractivity contribution in [2.45, 2.75) is 32.2 Å². The van der Waals surface area contributed by atoms with E-state index in [1.807, 2.05) is 0 Å². The number of hydrogen-bond donors (Lipinski definition) is 1. The molecule has 76 valence electrons. The maximum atomic E-state index is 10.3. The molecule has 1 atom stereocenters. The van der Waals surface area contributed by atoms with E-state index in [9.17, 15) is 15.0 Å². The number of rotatable bonds is 5. The van der Waals surface area contributed by atoms with Gasteiger partial charge in [0.1, 0.15) is 6.61 Å². The summed E-state index contributed by atoms with van der Waals surface area (Å²) >= 11 is 0. The van der Waals surface area contributed by atoms with Gasteiger partial charge >= 0.3 is 5.66 Å². The zero-order valence-corrected chi connectivity index (χ0v) is 7.68. The Labute approximate surface area is 74.8 Å². The minimum Gasteiger partial charge on any atom is -0.366 e. The van der Waals surface area contributed by atoms with Crippen LogP contribution < -0.4 is 0 Å². The molecule has 0 amide bonds. The summed E-state index contributed by atoms with van der Waals surface area (Å²) < 4.78 is 4.67. The number of nitro groups is 1. The summed E-state index contributed by atoms with van der Waals surface area (Å²) in [7, 11) is 0. The second-order valence-corrected chi connectivity index (χ2v) is 3.30. The summed E-state index contributed by atoms with van der Waals surface area (Å²) in [4.78, 5) is 19.6. The first-order chi connectivity index (χ1) is 5.71. The summed E-state index contributed by atoms with van der Waals surface area (Å²) in [6, 6.07) is 0. The van der Waals surface area contributed by atoms with Crippen LogP contribution in [0.5, 0.6) is 0 Å². The Kier molecular flexibility index (Phi) is 3.44. The van der Waals surface area contributed by atoms with Crippen LogP contribution in [0.15, 0.2) is 5.18 Å². The molecule has 0 spiro atoms. The molecule has 0 heterocycles. The zero-order chi connectivity index (χ0) is 10.7. The van der Waals surface area contributed by atoms with E-state index in [4.69, 9.17) is 5.11 Å². The molecule has 1 N–H and O–H groups in total. The van der Waals surface area contributed by atoms with Crippen LogP contribution >= 0.6 is 0 Å². The van der Waals surface area contributed by atoms with Gasteiger partial charge in [-0.2, -0.15) is 0 Å². The van der Waals surface area contributed by atoms with Gasteiger partial charge in [0.15, 0.2) is 5.79 Å². The summed E-state index contributed by atoms with van der Waals surface area (Å²) in [6.07, 6.45) is 0. The average molecular weight is 192 g/mol. The summed E-state index contributed by atoms with van der Waals surface area (Å²) in [5, 5.41) is 21.7. The van der Waals surface area contributed by atoms with E-state index in [1.165, 1.54) is 13.8 Å². The molecule has 0 radical (unpaired) electrons. The van der Waals surface area contributed by atoms with Crippen molar-refractivity contribution in [3.63, 3.8) is 0 Å². The fourth-order valence-electron chi connectivity index (χ4n) is 0.426. The summed E-state index contributed by atoms with van der Waals surface area (Å²) in [5.41, 5.74) is -2.04. The average Bonchev–Trinajstić information content (AvgIpc) is 1.98. The van der Waals surface area contributed by atoms with Gasteiger partial charge in [-0.1, -0.05) is 0 Å². The first-order valence-corrected chi connectivity index (χ1v) is 3.56. The Hall–Kier alpha value is -1.08. The minimum absolute atomic E-state index is 0.562. The molecule has 0 aromatic rings. The molecule has 7 nitrogen and oxygen atoms in total. The largest absolute Gasteiger partial charge is 0.368 e. The smallest absolute Gasteiger partial charge is 0.366 e. The predicted molar refractivity (Wildman–Crippen MR) is 43.4 cm³/mol. The molecule has 7 heteroatoms. The Morgan fingerprint density at radius 2 is 2.00 bits per heavy atom. The molecule has 13 heavy (non-hydrogen) atoms. The number of hydrogen-bond acceptors (Lipinski definition) is 6. The van der Waals surface area contributed by atoms with Gasteiger partial charge in [-0.25, -0.2) is 0 Å². The van der Waals surface area contributed by atoms with Gasteiger partial charge in [-0.3, -0.25) is 10.1 Å². The third kappa shape index (κ3) is 3.90. The Morgan fingerprint density at radius 1 is 1.54 bits per heavy atom. The first-order valence-electron chi connectivity index (χ1n) is 3.56. The van der Waals surface area contributed by atoms with Crippen LogP contribution in [-0.4, -0.2) is 28.1 Å². The van der Waals surface area contributed by atoms with Crippen molar-refractivity contribution in [2.75, 3.05) is 6.61 Å². The SMILES string of the molecule is CC(C)(O)OCC(C)(N=O)[N+](=O)[O-]. The molecule has 0 rings (SSSR count). The van der Waals surface area contributed by atoms with E-state index >= 15 is 0 Å².